The Bertz CT molecular complexity index is 1330. The molecule has 0 unspecified atom stereocenters. The average Bonchev–Trinajstić information content (AvgIpc) is 2.97. The lowest BCUT2D eigenvalue weighted by Gasteiger charge is -2.26. The number of morpholine rings is 1. The number of carbonyl (C=O) groups excluding carboxylic acids is 1. The second-order valence-corrected chi connectivity index (χ2v) is 8.76. The molecular formula is C27H30ClN7O4. The summed E-state index contributed by atoms with van der Waals surface area (Å²) in [7, 11) is 1.53. The van der Waals surface area contributed by atoms with E-state index in [4.69, 9.17) is 31.5 Å². The van der Waals surface area contributed by atoms with Gasteiger partial charge in [-0.3, -0.25) is 14.7 Å². The maximum Gasteiger partial charge on any atom is 0.247 e. The third-order valence-corrected chi connectivity index (χ3v) is 6.14. The van der Waals surface area contributed by atoms with Crippen molar-refractivity contribution >= 4 is 40.4 Å². The first-order valence-corrected chi connectivity index (χ1v) is 12.6. The molecule has 3 heterocycles. The summed E-state index contributed by atoms with van der Waals surface area (Å²) < 4.78 is 17.0. The highest BCUT2D eigenvalue weighted by Gasteiger charge is 2.18. The van der Waals surface area contributed by atoms with Crippen molar-refractivity contribution in [3.05, 3.63) is 78.0 Å². The number of hydrogen-bond donors (Lipinski definition) is 3. The second-order valence-electron chi connectivity index (χ2n) is 8.35. The van der Waals surface area contributed by atoms with Crippen LogP contribution in [0.2, 0.25) is 5.02 Å². The highest BCUT2D eigenvalue weighted by atomic mass is 35.5. The molecule has 0 radical (unpaired) electrons. The van der Waals surface area contributed by atoms with Gasteiger partial charge in [0.15, 0.2) is 0 Å². The Morgan fingerprint density at radius 1 is 1.23 bits per heavy atom. The quantitative estimate of drug-likeness (QED) is 0.304. The summed E-state index contributed by atoms with van der Waals surface area (Å²) in [5.41, 5.74) is 8.37. The molecular weight excluding hydrogens is 522 g/mol. The van der Waals surface area contributed by atoms with E-state index >= 15 is 0 Å². The predicted octanol–water partition coefficient (Wildman–Crippen LogP) is 3.46. The molecule has 0 bridgehead atoms. The Morgan fingerprint density at radius 3 is 2.74 bits per heavy atom. The molecule has 4 rings (SSSR count). The van der Waals surface area contributed by atoms with Crippen LogP contribution in [0, 0.1) is 0 Å². The molecule has 1 aliphatic rings. The molecule has 0 aliphatic carbocycles. The van der Waals surface area contributed by atoms with Crippen LogP contribution >= 0.6 is 11.6 Å². The van der Waals surface area contributed by atoms with Crippen molar-refractivity contribution in [3.8, 4) is 11.5 Å². The molecule has 1 amide bonds. The number of nitrogens with two attached hydrogens (primary N) is 1. The molecule has 0 spiro atoms. The van der Waals surface area contributed by atoms with Crippen molar-refractivity contribution in [2.75, 3.05) is 57.2 Å². The van der Waals surface area contributed by atoms with E-state index in [2.05, 4.69) is 37.1 Å². The van der Waals surface area contributed by atoms with E-state index in [1.807, 2.05) is 6.07 Å². The summed E-state index contributed by atoms with van der Waals surface area (Å²) in [6.45, 7) is 7.77. The summed E-state index contributed by atoms with van der Waals surface area (Å²) in [6, 6.07) is 8.82. The molecule has 12 heteroatoms. The number of hydrogen-bond acceptors (Lipinski definition) is 10. The largest absolute Gasteiger partial charge is 0.494 e. The number of halogens is 1. The fraction of sp³-hybridized carbons (Fsp3) is 0.259. The Labute approximate surface area is 231 Å². The van der Waals surface area contributed by atoms with E-state index in [1.54, 1.807) is 30.5 Å². The molecule has 1 aliphatic heterocycles. The van der Waals surface area contributed by atoms with E-state index in [9.17, 15) is 4.79 Å². The van der Waals surface area contributed by atoms with E-state index in [0.717, 1.165) is 19.6 Å². The van der Waals surface area contributed by atoms with Crippen LogP contribution in [0.4, 0.5) is 17.3 Å². The van der Waals surface area contributed by atoms with Gasteiger partial charge in [0, 0.05) is 43.7 Å². The molecule has 1 aromatic carbocycles. The number of carbonyl (C=O) groups is 1. The standard InChI is InChI=1S/C27H30ClN7O4/c1-3-25(36)32-22-14-21(23(37-2)15-24(22)39-13-10-35-8-11-38-12-9-35)33-27-31-17-19(28)26(34-27)18(16-29)20-6-4-5-7-30-20/h3-7,14-17H,1,8-13,29H2,2H3,(H,32,36)(H,31,33,34). The van der Waals surface area contributed by atoms with Crippen LogP contribution in [-0.4, -0.2) is 72.3 Å². The number of nitrogens with zero attached hydrogens (tertiary/aromatic N) is 4. The molecule has 0 saturated carbocycles. The second kappa shape index (κ2) is 13.6. The SMILES string of the molecule is C=CC(=O)Nc1cc(Nc2ncc(Cl)c(C(=CN)c3ccccn3)n2)c(OC)cc1OCCN1CCOCC1. The first kappa shape index (κ1) is 27.8. The molecule has 39 heavy (non-hydrogen) atoms. The number of rotatable bonds is 11. The smallest absolute Gasteiger partial charge is 0.247 e. The summed E-state index contributed by atoms with van der Waals surface area (Å²) in [6.07, 6.45) is 5.70. The van der Waals surface area contributed by atoms with Crippen LogP contribution in [0.3, 0.4) is 0 Å². The minimum atomic E-state index is -0.387. The number of amides is 1. The van der Waals surface area contributed by atoms with Crippen molar-refractivity contribution < 1.29 is 19.0 Å². The van der Waals surface area contributed by atoms with Gasteiger partial charge in [-0.25, -0.2) is 9.97 Å². The van der Waals surface area contributed by atoms with Gasteiger partial charge in [-0.15, -0.1) is 0 Å². The number of pyridine rings is 1. The molecule has 11 nitrogen and oxygen atoms in total. The predicted molar refractivity (Wildman–Crippen MR) is 150 cm³/mol. The van der Waals surface area contributed by atoms with Crippen LogP contribution in [0.5, 0.6) is 11.5 Å². The first-order valence-electron chi connectivity index (χ1n) is 12.2. The van der Waals surface area contributed by atoms with Crippen molar-refractivity contribution in [2.24, 2.45) is 5.73 Å². The zero-order valence-corrected chi connectivity index (χ0v) is 22.3. The highest BCUT2D eigenvalue weighted by Crippen LogP contribution is 2.38. The van der Waals surface area contributed by atoms with E-state index in [1.165, 1.54) is 25.6 Å². The lowest BCUT2D eigenvalue weighted by atomic mass is 10.1. The van der Waals surface area contributed by atoms with Gasteiger partial charge in [0.05, 0.1) is 54.3 Å². The Kier molecular flexibility index (Phi) is 9.68. The van der Waals surface area contributed by atoms with E-state index in [-0.39, 0.29) is 11.9 Å². The van der Waals surface area contributed by atoms with Gasteiger partial charge in [0.1, 0.15) is 18.1 Å². The van der Waals surface area contributed by atoms with Gasteiger partial charge in [-0.1, -0.05) is 24.2 Å². The molecule has 2 aromatic heterocycles. The zero-order chi connectivity index (χ0) is 27.6. The number of nitrogens with one attached hydrogen (secondary N) is 2. The average molecular weight is 552 g/mol. The number of benzene rings is 1. The molecule has 4 N–H and O–H groups in total. The highest BCUT2D eigenvalue weighted by molar-refractivity contribution is 6.32. The summed E-state index contributed by atoms with van der Waals surface area (Å²) >= 11 is 6.42. The van der Waals surface area contributed by atoms with Crippen molar-refractivity contribution in [1.29, 1.82) is 0 Å². The van der Waals surface area contributed by atoms with Gasteiger partial charge < -0.3 is 30.6 Å². The van der Waals surface area contributed by atoms with Gasteiger partial charge in [0.25, 0.3) is 0 Å². The summed E-state index contributed by atoms with van der Waals surface area (Å²) in [5.74, 6) is 0.738. The number of methoxy groups -OCH3 is 1. The van der Waals surface area contributed by atoms with E-state index in [0.29, 0.717) is 64.7 Å². The third-order valence-electron chi connectivity index (χ3n) is 5.87. The molecule has 0 atom stereocenters. The number of aromatic nitrogens is 3. The van der Waals surface area contributed by atoms with Crippen LogP contribution in [0.25, 0.3) is 5.57 Å². The minimum Gasteiger partial charge on any atom is -0.494 e. The van der Waals surface area contributed by atoms with Crippen molar-refractivity contribution in [2.45, 2.75) is 0 Å². The van der Waals surface area contributed by atoms with Gasteiger partial charge in [0.2, 0.25) is 11.9 Å². The Balaban J connectivity index is 1.61. The van der Waals surface area contributed by atoms with Crippen LogP contribution in [0.15, 0.2) is 61.6 Å². The normalized spacial score (nSPS) is 13.9. The molecule has 3 aromatic rings. The Hall–Kier alpha value is -4.19. The van der Waals surface area contributed by atoms with E-state index < -0.39 is 0 Å². The van der Waals surface area contributed by atoms with Crippen molar-refractivity contribution in [1.82, 2.24) is 19.9 Å². The summed E-state index contributed by atoms with van der Waals surface area (Å²) in [4.78, 5) is 27.6. The number of ether oxygens (including phenoxy) is 3. The zero-order valence-electron chi connectivity index (χ0n) is 21.5. The maximum absolute atomic E-state index is 12.2. The maximum atomic E-state index is 12.2. The van der Waals surface area contributed by atoms with Gasteiger partial charge in [-0.05, 0) is 24.3 Å². The van der Waals surface area contributed by atoms with Crippen LogP contribution in [-0.2, 0) is 9.53 Å². The van der Waals surface area contributed by atoms with Crippen LogP contribution in [0.1, 0.15) is 11.4 Å². The fourth-order valence-corrected chi connectivity index (χ4v) is 4.08. The van der Waals surface area contributed by atoms with Gasteiger partial charge in [-0.2, -0.15) is 0 Å². The Morgan fingerprint density at radius 2 is 2.05 bits per heavy atom. The third kappa shape index (κ3) is 7.23. The fourth-order valence-electron chi connectivity index (χ4n) is 3.88. The lowest BCUT2D eigenvalue weighted by molar-refractivity contribution is -0.111. The monoisotopic (exact) mass is 551 g/mol. The summed E-state index contributed by atoms with van der Waals surface area (Å²) in [5, 5.41) is 6.23. The first-order chi connectivity index (χ1) is 19.0. The topological polar surface area (TPSA) is 137 Å². The van der Waals surface area contributed by atoms with Gasteiger partial charge >= 0.3 is 0 Å². The molecule has 204 valence electrons. The number of anilines is 3. The molecule has 1 saturated heterocycles. The minimum absolute atomic E-state index is 0.227. The van der Waals surface area contributed by atoms with Crippen molar-refractivity contribution in [3.63, 3.8) is 0 Å². The lowest BCUT2D eigenvalue weighted by Crippen LogP contribution is -2.38. The molecule has 1 fully saturated rings. The van der Waals surface area contributed by atoms with Crippen LogP contribution < -0.4 is 25.8 Å².